The second-order valence-electron chi connectivity index (χ2n) is 2.99. The van der Waals surface area contributed by atoms with Crippen LogP contribution in [-0.4, -0.2) is 18.6 Å². The maximum absolute atomic E-state index is 12.3. The van der Waals surface area contributed by atoms with Gasteiger partial charge in [0.15, 0.2) is 0 Å². The number of ether oxygens (including phenoxy) is 1. The average Bonchev–Trinajstić information content (AvgIpc) is 2.28. The Hall–Kier alpha value is -0.950. The molecule has 0 fully saturated rings. The van der Waals surface area contributed by atoms with Crippen LogP contribution in [0.3, 0.4) is 0 Å². The fraction of sp³-hybridized carbons (Fsp3) is 0.200. The van der Waals surface area contributed by atoms with Gasteiger partial charge in [0.2, 0.25) is 0 Å². The van der Waals surface area contributed by atoms with Crippen LogP contribution in [0.2, 0.25) is 0 Å². The highest BCUT2D eigenvalue weighted by molar-refractivity contribution is 14.1. The number of benzene rings is 1. The highest BCUT2D eigenvalue weighted by Gasteiger charge is 2.32. The van der Waals surface area contributed by atoms with Crippen LogP contribution in [0.5, 0.6) is 0 Å². The molecule has 0 radical (unpaired) electrons. The van der Waals surface area contributed by atoms with Crippen molar-refractivity contribution >= 4 is 40.3 Å². The van der Waals surface area contributed by atoms with Gasteiger partial charge < -0.3 is 4.74 Å². The van der Waals surface area contributed by atoms with E-state index in [1.165, 1.54) is 6.07 Å². The van der Waals surface area contributed by atoms with Crippen molar-refractivity contribution in [2.24, 2.45) is 0 Å². The van der Waals surface area contributed by atoms with Gasteiger partial charge in [0.25, 0.3) is 0 Å². The van der Waals surface area contributed by atoms with Crippen molar-refractivity contribution < 1.29 is 22.7 Å². The third-order valence-corrected chi connectivity index (χ3v) is 3.90. The molecule has 96 valence electrons. The minimum absolute atomic E-state index is 0.0463. The predicted octanol–water partition coefficient (Wildman–Crippen LogP) is 3.56. The van der Waals surface area contributed by atoms with E-state index in [9.17, 15) is 18.0 Å². The van der Waals surface area contributed by atoms with Gasteiger partial charge in [-0.25, -0.2) is 4.79 Å². The number of hydrogen-bond acceptors (Lipinski definition) is 4. The summed E-state index contributed by atoms with van der Waals surface area (Å²) in [6.07, 6.45) is 0. The number of halogens is 4. The van der Waals surface area contributed by atoms with E-state index >= 15 is 0 Å². The molecule has 1 aromatic rings. The van der Waals surface area contributed by atoms with Gasteiger partial charge in [-0.2, -0.15) is 18.4 Å². The molecule has 0 heterocycles. The number of alkyl halides is 3. The number of nitriles is 1. The van der Waals surface area contributed by atoms with Crippen LogP contribution in [0.4, 0.5) is 13.2 Å². The largest absolute Gasteiger partial charge is 0.465 e. The van der Waals surface area contributed by atoms with E-state index < -0.39 is 11.5 Å². The first-order valence-corrected chi connectivity index (χ1v) is 6.25. The topological polar surface area (TPSA) is 50.1 Å². The zero-order valence-electron chi connectivity index (χ0n) is 8.84. The smallest absolute Gasteiger partial charge is 0.446 e. The number of carbonyl (C=O) groups is 1. The zero-order chi connectivity index (χ0) is 13.9. The van der Waals surface area contributed by atoms with Crippen LogP contribution >= 0.6 is 34.4 Å². The lowest BCUT2D eigenvalue weighted by Gasteiger charge is -2.10. The zero-order valence-corrected chi connectivity index (χ0v) is 11.8. The fourth-order valence-electron chi connectivity index (χ4n) is 1.13. The van der Waals surface area contributed by atoms with Crippen molar-refractivity contribution in [3.8, 4) is 6.07 Å². The van der Waals surface area contributed by atoms with Gasteiger partial charge in [-0.3, -0.25) is 0 Å². The van der Waals surface area contributed by atoms with E-state index in [1.807, 2.05) is 0 Å². The molecule has 18 heavy (non-hydrogen) atoms. The molecule has 8 heteroatoms. The van der Waals surface area contributed by atoms with E-state index in [4.69, 9.17) is 5.26 Å². The molecule has 0 saturated heterocycles. The lowest BCUT2D eigenvalue weighted by Crippen LogP contribution is -2.06. The van der Waals surface area contributed by atoms with Crippen molar-refractivity contribution in [2.45, 2.75) is 10.4 Å². The maximum Gasteiger partial charge on any atom is 0.446 e. The Kier molecular flexibility index (Phi) is 4.86. The first kappa shape index (κ1) is 15.1. The van der Waals surface area contributed by atoms with E-state index in [1.54, 1.807) is 28.7 Å². The number of thioether (sulfide) groups is 1. The summed E-state index contributed by atoms with van der Waals surface area (Å²) in [6.45, 7) is 0. The van der Waals surface area contributed by atoms with Gasteiger partial charge >= 0.3 is 11.5 Å². The predicted molar refractivity (Wildman–Crippen MR) is 67.1 cm³/mol. The minimum atomic E-state index is -4.49. The number of nitrogens with zero attached hydrogens (tertiary/aromatic N) is 1. The number of methoxy groups -OCH3 is 1. The molecule has 0 spiro atoms. The van der Waals surface area contributed by atoms with Crippen LogP contribution in [0.25, 0.3) is 0 Å². The third-order valence-electron chi connectivity index (χ3n) is 1.80. The first-order valence-electron chi connectivity index (χ1n) is 4.36. The monoisotopic (exact) mass is 387 g/mol. The third kappa shape index (κ3) is 3.78. The Morgan fingerprint density at radius 3 is 2.56 bits per heavy atom. The molecule has 0 atom stereocenters. The summed E-state index contributed by atoms with van der Waals surface area (Å²) in [4.78, 5) is 11.1. The van der Waals surface area contributed by atoms with Crippen LogP contribution < -0.4 is 0 Å². The SMILES string of the molecule is COC(=O)c1cc(I)c(SC(F)(F)F)c(C#N)c1. The Morgan fingerprint density at radius 1 is 1.50 bits per heavy atom. The summed E-state index contributed by atoms with van der Waals surface area (Å²) in [7, 11) is 1.15. The number of hydrogen-bond donors (Lipinski definition) is 0. The first-order chi connectivity index (χ1) is 8.28. The van der Waals surface area contributed by atoms with Crippen molar-refractivity contribution in [1.82, 2.24) is 0 Å². The Balaban J connectivity index is 3.30. The number of esters is 1. The summed E-state index contributed by atoms with van der Waals surface area (Å²) < 4.78 is 41.6. The summed E-state index contributed by atoms with van der Waals surface area (Å²) in [5.41, 5.74) is -4.65. The molecule has 3 nitrogen and oxygen atoms in total. The molecule has 0 aliphatic rings. The Morgan fingerprint density at radius 2 is 2.11 bits per heavy atom. The van der Waals surface area contributed by atoms with Gasteiger partial charge in [0.05, 0.1) is 18.2 Å². The van der Waals surface area contributed by atoms with Crippen molar-refractivity contribution in [1.29, 1.82) is 5.26 Å². The molecular formula is C10H5F3INO2S. The van der Waals surface area contributed by atoms with Gasteiger partial charge in [-0.1, -0.05) is 0 Å². The lowest BCUT2D eigenvalue weighted by atomic mass is 10.1. The highest BCUT2D eigenvalue weighted by atomic mass is 127. The number of carbonyl (C=O) groups excluding carboxylic acids is 1. The van der Waals surface area contributed by atoms with E-state index in [0.29, 0.717) is 0 Å². The summed E-state index contributed by atoms with van der Waals surface area (Å²) in [5, 5.41) is 8.83. The maximum atomic E-state index is 12.3. The molecule has 0 aliphatic carbocycles. The van der Waals surface area contributed by atoms with Gasteiger partial charge in [-0.05, 0) is 46.5 Å². The number of rotatable bonds is 2. The van der Waals surface area contributed by atoms with Crippen LogP contribution in [-0.2, 0) is 4.74 Å². The second kappa shape index (κ2) is 5.79. The second-order valence-corrected chi connectivity index (χ2v) is 5.22. The van der Waals surface area contributed by atoms with Crippen LogP contribution in [0.1, 0.15) is 15.9 Å². The molecule has 0 bridgehead atoms. The van der Waals surface area contributed by atoms with Crippen LogP contribution in [0, 0.1) is 14.9 Å². The standard InChI is InChI=1S/C10H5F3INO2S/c1-17-9(16)5-2-6(4-15)8(7(14)3-5)18-10(11,12)13/h2-3H,1H3. The molecule has 0 saturated carbocycles. The lowest BCUT2D eigenvalue weighted by molar-refractivity contribution is -0.0328. The quantitative estimate of drug-likeness (QED) is 0.443. The molecule has 0 amide bonds. The molecule has 0 unspecified atom stereocenters. The van der Waals surface area contributed by atoms with Crippen molar-refractivity contribution in [3.63, 3.8) is 0 Å². The molecule has 0 N–H and O–H groups in total. The van der Waals surface area contributed by atoms with Crippen molar-refractivity contribution in [2.75, 3.05) is 7.11 Å². The molecule has 1 rings (SSSR count). The van der Waals surface area contributed by atoms with Crippen molar-refractivity contribution in [3.05, 3.63) is 26.8 Å². The van der Waals surface area contributed by atoms with Gasteiger partial charge in [0, 0.05) is 8.47 Å². The fourth-order valence-corrected chi connectivity index (χ4v) is 2.69. The van der Waals surface area contributed by atoms with Crippen LogP contribution in [0.15, 0.2) is 17.0 Å². The molecular weight excluding hydrogens is 382 g/mol. The van der Waals surface area contributed by atoms with E-state index in [-0.39, 0.29) is 31.4 Å². The summed E-state index contributed by atoms with van der Waals surface area (Å²) >= 11 is 1.27. The summed E-state index contributed by atoms with van der Waals surface area (Å²) in [6, 6.07) is 3.98. The Labute approximate surface area is 118 Å². The summed E-state index contributed by atoms with van der Waals surface area (Å²) in [5.74, 6) is -0.701. The highest BCUT2D eigenvalue weighted by Crippen LogP contribution is 2.41. The normalized spacial score (nSPS) is 10.9. The van der Waals surface area contributed by atoms with E-state index in [0.717, 1.165) is 13.2 Å². The van der Waals surface area contributed by atoms with Gasteiger partial charge in [-0.15, -0.1) is 0 Å². The average molecular weight is 387 g/mol. The molecule has 0 aliphatic heterocycles. The van der Waals surface area contributed by atoms with E-state index in [2.05, 4.69) is 4.74 Å². The van der Waals surface area contributed by atoms with Gasteiger partial charge in [0.1, 0.15) is 6.07 Å². The molecule has 0 aromatic heterocycles. The minimum Gasteiger partial charge on any atom is -0.465 e. The molecule has 1 aromatic carbocycles. The Bertz CT molecular complexity index is 525.